The zero-order valence-corrected chi connectivity index (χ0v) is 4.72. The van der Waals surface area contributed by atoms with E-state index >= 15 is 0 Å². The lowest BCUT2D eigenvalue weighted by Gasteiger charge is -1.83. The smallest absolute Gasteiger partial charge is 0.352 e. The average molecular weight is 124 g/mol. The summed E-state index contributed by atoms with van der Waals surface area (Å²) < 4.78 is 0. The summed E-state index contributed by atoms with van der Waals surface area (Å²) in [6.07, 6.45) is 0. The number of H-pyrrole nitrogens is 1. The topological polar surface area (TPSA) is 53.1 Å². The van der Waals surface area contributed by atoms with Crippen LogP contribution >= 0.6 is 0 Å². The van der Waals surface area contributed by atoms with E-state index in [-0.39, 0.29) is 5.69 Å². The van der Waals surface area contributed by atoms with Crippen molar-refractivity contribution in [2.45, 2.75) is 0 Å². The molecule has 0 aromatic carbocycles. The molecule has 0 spiro atoms. The van der Waals surface area contributed by atoms with Gasteiger partial charge in [0.2, 0.25) is 0 Å². The molecule has 3 nitrogen and oxygen atoms in total. The highest BCUT2D eigenvalue weighted by Crippen LogP contribution is 1.98. The lowest BCUT2D eigenvalue weighted by molar-refractivity contribution is 0.0691. The molecule has 1 aromatic heterocycles. The molecule has 0 aliphatic carbocycles. The monoisotopic (exact) mass is 124 g/mol. The minimum Gasteiger partial charge on any atom is -0.477 e. The molecule has 0 saturated heterocycles. The van der Waals surface area contributed by atoms with Crippen LogP contribution in [0.4, 0.5) is 0 Å². The van der Waals surface area contributed by atoms with Crippen molar-refractivity contribution >= 4 is 5.97 Å². The number of carboxylic acids is 1. The number of nitrogens with one attached hydrogen (secondary N) is 1. The summed E-state index contributed by atoms with van der Waals surface area (Å²) in [5, 5.41) is 8.34. The summed E-state index contributed by atoms with van der Waals surface area (Å²) in [4.78, 5) is 12.7. The summed E-state index contributed by atoms with van der Waals surface area (Å²) in [6, 6.07) is 3.09. The number of aromatic amines is 1. The van der Waals surface area contributed by atoms with Gasteiger partial charge in [0.1, 0.15) is 5.69 Å². The van der Waals surface area contributed by atoms with Crippen molar-refractivity contribution in [2.75, 3.05) is 0 Å². The van der Waals surface area contributed by atoms with Gasteiger partial charge in [-0.05, 0) is 19.1 Å². The Kier molecular flexibility index (Phi) is 1.26. The van der Waals surface area contributed by atoms with E-state index in [1.54, 1.807) is 6.07 Å². The summed E-state index contributed by atoms with van der Waals surface area (Å²) >= 11 is 0. The van der Waals surface area contributed by atoms with Gasteiger partial charge in [0.25, 0.3) is 0 Å². The Morgan fingerprint density at radius 3 is 2.56 bits per heavy atom. The third-order valence-corrected chi connectivity index (χ3v) is 0.977. The first kappa shape index (κ1) is 5.88. The molecule has 0 unspecified atom stereocenters. The van der Waals surface area contributed by atoms with Crippen molar-refractivity contribution in [3.05, 3.63) is 30.4 Å². The zero-order chi connectivity index (χ0) is 6.85. The van der Waals surface area contributed by atoms with Gasteiger partial charge in [-0.1, -0.05) is 0 Å². The van der Waals surface area contributed by atoms with Crippen molar-refractivity contribution in [3.63, 3.8) is 0 Å². The molecule has 0 fully saturated rings. The van der Waals surface area contributed by atoms with Crippen molar-refractivity contribution in [1.29, 1.82) is 0 Å². The van der Waals surface area contributed by atoms with Crippen molar-refractivity contribution in [2.24, 2.45) is 0 Å². The van der Waals surface area contributed by atoms with Crippen LogP contribution in [-0.2, 0) is 0 Å². The highest BCUT2D eigenvalue weighted by molar-refractivity contribution is 5.85. The maximum absolute atomic E-state index is 10.2. The summed E-state index contributed by atoms with van der Waals surface area (Å²) in [6.45, 7) is 3.50. The van der Waals surface area contributed by atoms with E-state index in [2.05, 4.69) is 11.9 Å². The van der Waals surface area contributed by atoms with Crippen molar-refractivity contribution in [1.82, 2.24) is 4.98 Å². The molecule has 47 valence electrons. The number of carboxylic acid groups (broad SMARTS) is 1. The van der Waals surface area contributed by atoms with Gasteiger partial charge in [0.05, 0.1) is 0 Å². The van der Waals surface area contributed by atoms with Gasteiger partial charge in [0, 0.05) is 5.69 Å². The van der Waals surface area contributed by atoms with Gasteiger partial charge >= 0.3 is 5.97 Å². The Morgan fingerprint density at radius 2 is 2.33 bits per heavy atom. The minimum absolute atomic E-state index is 0.181. The molecule has 0 amide bonds. The third kappa shape index (κ3) is 1.10. The Hall–Kier alpha value is -1.25. The fourth-order valence-corrected chi connectivity index (χ4v) is 0.565. The van der Waals surface area contributed by atoms with Crippen molar-refractivity contribution in [3.8, 4) is 0 Å². The van der Waals surface area contributed by atoms with Crippen LogP contribution in [0.15, 0.2) is 12.1 Å². The molecule has 0 aliphatic rings. The van der Waals surface area contributed by atoms with Crippen LogP contribution in [0, 0.1) is 6.92 Å². The molecule has 0 atom stereocenters. The molecule has 2 N–H and O–H groups in total. The largest absolute Gasteiger partial charge is 0.477 e. The minimum atomic E-state index is -0.954. The quantitative estimate of drug-likeness (QED) is 0.584. The molecule has 0 saturated carbocycles. The van der Waals surface area contributed by atoms with Crippen LogP contribution in [0.3, 0.4) is 0 Å². The zero-order valence-electron chi connectivity index (χ0n) is 4.72. The maximum atomic E-state index is 10.2. The van der Waals surface area contributed by atoms with Crippen LogP contribution in [0.5, 0.6) is 0 Å². The van der Waals surface area contributed by atoms with E-state index in [9.17, 15) is 4.79 Å². The number of aromatic carboxylic acids is 1. The molecule has 0 bridgehead atoms. The lowest BCUT2D eigenvalue weighted by atomic mass is 10.4. The summed E-state index contributed by atoms with van der Waals surface area (Å²) in [7, 11) is 0. The van der Waals surface area contributed by atoms with Gasteiger partial charge < -0.3 is 10.1 Å². The van der Waals surface area contributed by atoms with Crippen LogP contribution in [0.25, 0.3) is 0 Å². The Balaban J connectivity index is 2.98. The average Bonchev–Trinajstić information content (AvgIpc) is 2.14. The van der Waals surface area contributed by atoms with E-state index in [4.69, 9.17) is 5.11 Å². The second-order valence-electron chi connectivity index (χ2n) is 1.70. The first-order valence-corrected chi connectivity index (χ1v) is 2.44. The normalized spacial score (nSPS) is 9.44. The number of carbonyl (C=O) groups is 1. The first-order chi connectivity index (χ1) is 4.20. The van der Waals surface area contributed by atoms with Crippen LogP contribution in [0.2, 0.25) is 0 Å². The van der Waals surface area contributed by atoms with Crippen LogP contribution in [-0.4, -0.2) is 16.1 Å². The predicted octanol–water partition coefficient (Wildman–Crippen LogP) is 0.895. The maximum Gasteiger partial charge on any atom is 0.352 e. The first-order valence-electron chi connectivity index (χ1n) is 2.44. The molecule has 1 rings (SSSR count). The number of aromatic nitrogens is 1. The van der Waals surface area contributed by atoms with Gasteiger partial charge in [-0.15, -0.1) is 0 Å². The fourth-order valence-electron chi connectivity index (χ4n) is 0.565. The Labute approximate surface area is 52.3 Å². The summed E-state index contributed by atoms with van der Waals surface area (Å²) in [5.41, 5.74) is 0.799. The van der Waals surface area contributed by atoms with Crippen molar-refractivity contribution < 1.29 is 9.90 Å². The third-order valence-electron chi connectivity index (χ3n) is 0.977. The lowest BCUT2D eigenvalue weighted by Crippen LogP contribution is -1.95. The van der Waals surface area contributed by atoms with E-state index < -0.39 is 5.97 Å². The molecule has 1 aromatic rings. The van der Waals surface area contributed by atoms with Crippen LogP contribution < -0.4 is 0 Å². The molecule has 3 heteroatoms. The molecule has 1 radical (unpaired) electrons. The molecular formula is C6H6NO2. The molecular weight excluding hydrogens is 118 g/mol. The van der Waals surface area contributed by atoms with Gasteiger partial charge in [0.15, 0.2) is 0 Å². The van der Waals surface area contributed by atoms with Gasteiger partial charge in [-0.25, -0.2) is 4.79 Å². The van der Waals surface area contributed by atoms with Crippen LogP contribution in [0.1, 0.15) is 16.2 Å². The standard InChI is InChI=1S/C6H6NO2/c1-4-2-3-5(7-4)6(8)9/h2-3,7H,1H2,(H,8,9). The Morgan fingerprint density at radius 1 is 1.67 bits per heavy atom. The fraction of sp³-hybridized carbons (Fsp3) is 0. The highest BCUT2D eigenvalue weighted by Gasteiger charge is 2.01. The van der Waals surface area contributed by atoms with E-state index in [1.807, 2.05) is 0 Å². The number of hydrogen-bond acceptors (Lipinski definition) is 1. The van der Waals surface area contributed by atoms with E-state index in [0.29, 0.717) is 5.69 Å². The predicted molar refractivity (Wildman–Crippen MR) is 32.2 cm³/mol. The van der Waals surface area contributed by atoms with E-state index in [0.717, 1.165) is 0 Å². The molecule has 9 heavy (non-hydrogen) atoms. The SMILES string of the molecule is [CH2]c1ccc(C(=O)O)[nH]1. The summed E-state index contributed by atoms with van der Waals surface area (Å²) in [5.74, 6) is -0.954. The van der Waals surface area contributed by atoms with Gasteiger partial charge in [-0.2, -0.15) is 0 Å². The number of hydrogen-bond donors (Lipinski definition) is 2. The van der Waals surface area contributed by atoms with E-state index in [1.165, 1.54) is 6.07 Å². The second kappa shape index (κ2) is 1.93. The van der Waals surface area contributed by atoms with Gasteiger partial charge in [-0.3, -0.25) is 0 Å². The Bertz CT molecular complexity index is 227. The molecule has 1 heterocycles. The highest BCUT2D eigenvalue weighted by atomic mass is 16.4. The molecule has 0 aliphatic heterocycles. The number of rotatable bonds is 1. The second-order valence-corrected chi connectivity index (χ2v) is 1.70.